The number of nitriles is 1. The molecule has 3 heteroatoms. The summed E-state index contributed by atoms with van der Waals surface area (Å²) in [5.74, 6) is 0. The number of aliphatic hydroxyl groups excluding tert-OH is 1. The molecule has 0 radical (unpaired) electrons. The molecule has 0 heterocycles. The quantitative estimate of drug-likeness (QED) is 0.816. The van der Waals surface area contributed by atoms with E-state index in [0.717, 1.165) is 5.69 Å². The van der Waals surface area contributed by atoms with Crippen LogP contribution >= 0.6 is 0 Å². The van der Waals surface area contributed by atoms with E-state index in [2.05, 4.69) is 6.07 Å². The number of rotatable bonds is 3. The maximum Gasteiger partial charge on any atom is 0.101 e. The predicted octanol–water partition coefficient (Wildman–Crippen LogP) is 1.76. The minimum Gasteiger partial charge on any atom is -0.391 e. The molecule has 0 aliphatic heterocycles. The van der Waals surface area contributed by atoms with Crippen LogP contribution in [-0.2, 0) is 0 Å². The first-order chi connectivity index (χ1) is 7.07. The van der Waals surface area contributed by atoms with Gasteiger partial charge in [-0.3, -0.25) is 0 Å². The summed E-state index contributed by atoms with van der Waals surface area (Å²) in [6, 6.07) is 9.52. The summed E-state index contributed by atoms with van der Waals surface area (Å²) in [4.78, 5) is 1.92. The standard InChI is InChI=1S/C12H16N2O/c1-9(10(2)15)14(3)12-7-5-4-6-11(12)8-13/h4-7,9-10,15H,1-3H3. The molecule has 0 bridgehead atoms. The number of hydrogen-bond donors (Lipinski definition) is 1. The fraction of sp³-hybridized carbons (Fsp3) is 0.417. The molecule has 1 aromatic carbocycles. The van der Waals surface area contributed by atoms with E-state index in [1.807, 2.05) is 37.1 Å². The Bertz CT molecular complexity index is 368. The van der Waals surface area contributed by atoms with Crippen LogP contribution in [0.25, 0.3) is 0 Å². The topological polar surface area (TPSA) is 47.3 Å². The molecule has 2 atom stereocenters. The summed E-state index contributed by atoms with van der Waals surface area (Å²) in [6.07, 6.45) is -0.429. The van der Waals surface area contributed by atoms with E-state index in [1.54, 1.807) is 13.0 Å². The van der Waals surface area contributed by atoms with Gasteiger partial charge in [-0.1, -0.05) is 12.1 Å². The SMILES string of the molecule is CC(O)C(C)N(C)c1ccccc1C#N. The third-order valence-electron chi connectivity index (χ3n) is 2.71. The predicted molar refractivity (Wildman–Crippen MR) is 60.7 cm³/mol. The van der Waals surface area contributed by atoms with Gasteiger partial charge in [-0.2, -0.15) is 5.26 Å². The summed E-state index contributed by atoms with van der Waals surface area (Å²) >= 11 is 0. The average Bonchev–Trinajstić information content (AvgIpc) is 2.26. The Balaban J connectivity index is 3.01. The number of aliphatic hydroxyl groups is 1. The van der Waals surface area contributed by atoms with Gasteiger partial charge in [-0.25, -0.2) is 0 Å². The van der Waals surface area contributed by atoms with E-state index in [1.165, 1.54) is 0 Å². The molecule has 0 saturated carbocycles. The Morgan fingerprint density at radius 1 is 1.33 bits per heavy atom. The van der Waals surface area contributed by atoms with Gasteiger partial charge in [0.15, 0.2) is 0 Å². The molecule has 80 valence electrons. The molecule has 15 heavy (non-hydrogen) atoms. The zero-order chi connectivity index (χ0) is 11.4. The van der Waals surface area contributed by atoms with Crippen molar-refractivity contribution >= 4 is 5.69 Å². The van der Waals surface area contributed by atoms with Crippen molar-refractivity contribution in [3.8, 4) is 6.07 Å². The summed E-state index contributed by atoms with van der Waals surface area (Å²) in [6.45, 7) is 3.68. The van der Waals surface area contributed by atoms with E-state index >= 15 is 0 Å². The Morgan fingerprint density at radius 2 is 1.93 bits per heavy atom. The van der Waals surface area contributed by atoms with E-state index < -0.39 is 6.10 Å². The molecule has 0 spiro atoms. The third kappa shape index (κ3) is 2.48. The van der Waals surface area contributed by atoms with E-state index in [0.29, 0.717) is 5.56 Å². The zero-order valence-corrected chi connectivity index (χ0v) is 9.31. The number of likely N-dealkylation sites (N-methyl/N-ethyl adjacent to an activating group) is 1. The lowest BCUT2D eigenvalue weighted by molar-refractivity contribution is 0.168. The summed E-state index contributed by atoms with van der Waals surface area (Å²) in [5, 5.41) is 18.4. The fourth-order valence-electron chi connectivity index (χ4n) is 1.42. The molecular formula is C12H16N2O. The van der Waals surface area contributed by atoms with Gasteiger partial charge in [-0.15, -0.1) is 0 Å². The normalized spacial score (nSPS) is 14.1. The first-order valence-electron chi connectivity index (χ1n) is 4.98. The smallest absolute Gasteiger partial charge is 0.101 e. The highest BCUT2D eigenvalue weighted by atomic mass is 16.3. The summed E-state index contributed by atoms with van der Waals surface area (Å²) < 4.78 is 0. The Kier molecular flexibility index (Phi) is 3.70. The lowest BCUT2D eigenvalue weighted by Crippen LogP contribution is -2.37. The monoisotopic (exact) mass is 204 g/mol. The fourth-order valence-corrected chi connectivity index (χ4v) is 1.42. The first kappa shape index (κ1) is 11.5. The minimum absolute atomic E-state index is 0.0144. The maximum atomic E-state index is 9.49. The van der Waals surface area contributed by atoms with Crippen molar-refractivity contribution < 1.29 is 5.11 Å². The van der Waals surface area contributed by atoms with Crippen LogP contribution in [0, 0.1) is 11.3 Å². The number of para-hydroxylation sites is 1. The van der Waals surface area contributed by atoms with Crippen LogP contribution in [0.3, 0.4) is 0 Å². The largest absolute Gasteiger partial charge is 0.391 e. The van der Waals surface area contributed by atoms with E-state index in [-0.39, 0.29) is 6.04 Å². The summed E-state index contributed by atoms with van der Waals surface area (Å²) in [7, 11) is 1.88. The van der Waals surface area contributed by atoms with Crippen LogP contribution in [0.15, 0.2) is 24.3 Å². The highest BCUT2D eigenvalue weighted by Crippen LogP contribution is 2.21. The van der Waals surface area contributed by atoms with Crippen molar-refractivity contribution in [1.82, 2.24) is 0 Å². The first-order valence-corrected chi connectivity index (χ1v) is 4.98. The molecule has 0 saturated heterocycles. The molecule has 1 rings (SSSR count). The van der Waals surface area contributed by atoms with Crippen LogP contribution in [-0.4, -0.2) is 24.3 Å². The molecule has 0 amide bonds. The van der Waals surface area contributed by atoms with Crippen LogP contribution in [0.2, 0.25) is 0 Å². The van der Waals surface area contributed by atoms with Gasteiger partial charge < -0.3 is 10.0 Å². The van der Waals surface area contributed by atoms with Crippen LogP contribution in [0.4, 0.5) is 5.69 Å². The lowest BCUT2D eigenvalue weighted by atomic mass is 10.1. The average molecular weight is 204 g/mol. The molecular weight excluding hydrogens is 188 g/mol. The molecule has 0 aliphatic rings. The van der Waals surface area contributed by atoms with Crippen molar-refractivity contribution in [3.05, 3.63) is 29.8 Å². The van der Waals surface area contributed by atoms with Gasteiger partial charge in [0, 0.05) is 7.05 Å². The van der Waals surface area contributed by atoms with Crippen molar-refractivity contribution in [2.24, 2.45) is 0 Å². The number of nitrogens with zero attached hydrogens (tertiary/aromatic N) is 2. The molecule has 1 N–H and O–H groups in total. The van der Waals surface area contributed by atoms with Gasteiger partial charge >= 0.3 is 0 Å². The molecule has 1 aromatic rings. The third-order valence-corrected chi connectivity index (χ3v) is 2.71. The van der Waals surface area contributed by atoms with Crippen LogP contribution in [0.1, 0.15) is 19.4 Å². The highest BCUT2D eigenvalue weighted by Gasteiger charge is 2.16. The van der Waals surface area contributed by atoms with Gasteiger partial charge in [0.25, 0.3) is 0 Å². The van der Waals surface area contributed by atoms with Gasteiger partial charge in [0.05, 0.1) is 23.4 Å². The molecule has 0 aromatic heterocycles. The second kappa shape index (κ2) is 4.81. The molecule has 0 fully saturated rings. The number of anilines is 1. The Hall–Kier alpha value is -1.53. The zero-order valence-electron chi connectivity index (χ0n) is 9.31. The van der Waals surface area contributed by atoms with Crippen LogP contribution < -0.4 is 4.90 Å². The minimum atomic E-state index is -0.429. The Labute approximate surface area is 90.6 Å². The molecule has 3 nitrogen and oxygen atoms in total. The van der Waals surface area contributed by atoms with Crippen molar-refractivity contribution in [2.75, 3.05) is 11.9 Å². The second-order valence-electron chi connectivity index (χ2n) is 3.72. The summed E-state index contributed by atoms with van der Waals surface area (Å²) in [5.41, 5.74) is 1.49. The maximum absolute atomic E-state index is 9.49. The van der Waals surface area contributed by atoms with E-state index in [9.17, 15) is 5.11 Å². The van der Waals surface area contributed by atoms with Gasteiger partial charge in [0.1, 0.15) is 6.07 Å². The Morgan fingerprint density at radius 3 is 2.47 bits per heavy atom. The lowest BCUT2D eigenvalue weighted by Gasteiger charge is -2.29. The highest BCUT2D eigenvalue weighted by molar-refractivity contribution is 5.59. The molecule has 0 aliphatic carbocycles. The van der Waals surface area contributed by atoms with Crippen LogP contribution in [0.5, 0.6) is 0 Å². The van der Waals surface area contributed by atoms with E-state index in [4.69, 9.17) is 5.26 Å². The van der Waals surface area contributed by atoms with Crippen molar-refractivity contribution in [3.63, 3.8) is 0 Å². The van der Waals surface area contributed by atoms with Gasteiger partial charge in [-0.05, 0) is 26.0 Å². The number of benzene rings is 1. The second-order valence-corrected chi connectivity index (χ2v) is 3.72. The van der Waals surface area contributed by atoms with Crippen molar-refractivity contribution in [1.29, 1.82) is 5.26 Å². The van der Waals surface area contributed by atoms with Crippen molar-refractivity contribution in [2.45, 2.75) is 26.0 Å². The molecule has 2 unspecified atom stereocenters. The van der Waals surface area contributed by atoms with Gasteiger partial charge in [0.2, 0.25) is 0 Å². The number of hydrogen-bond acceptors (Lipinski definition) is 3.